The van der Waals surface area contributed by atoms with Gasteiger partial charge in [0.25, 0.3) is 5.91 Å². The van der Waals surface area contributed by atoms with Crippen molar-refractivity contribution in [3.63, 3.8) is 0 Å². The van der Waals surface area contributed by atoms with Crippen LogP contribution in [0.5, 0.6) is 0 Å². The summed E-state index contributed by atoms with van der Waals surface area (Å²) >= 11 is 0. The van der Waals surface area contributed by atoms with Crippen molar-refractivity contribution in [2.75, 3.05) is 68.9 Å². The summed E-state index contributed by atoms with van der Waals surface area (Å²) < 4.78 is 56.2. The summed E-state index contributed by atoms with van der Waals surface area (Å²) in [6.45, 7) is 8.65. The van der Waals surface area contributed by atoms with E-state index in [4.69, 9.17) is 0 Å². The highest BCUT2D eigenvalue weighted by Crippen LogP contribution is 2.44. The molecular formula is C31H40F2N8O3S. The number of fused-ring (bicyclic) bond motifs is 1. The lowest BCUT2D eigenvalue weighted by molar-refractivity contribution is 0.102. The van der Waals surface area contributed by atoms with Gasteiger partial charge in [-0.15, -0.1) is 0 Å². The fourth-order valence-electron chi connectivity index (χ4n) is 6.56. The molecule has 0 radical (unpaired) electrons. The van der Waals surface area contributed by atoms with Gasteiger partial charge in [0.05, 0.1) is 21.7 Å². The molecule has 1 aromatic heterocycles. The van der Waals surface area contributed by atoms with Crippen LogP contribution in [-0.2, 0) is 22.1 Å². The van der Waals surface area contributed by atoms with Gasteiger partial charge < -0.3 is 25.3 Å². The van der Waals surface area contributed by atoms with E-state index >= 15 is 0 Å². The van der Waals surface area contributed by atoms with Crippen molar-refractivity contribution in [3.8, 4) is 0 Å². The molecule has 0 aliphatic carbocycles. The summed E-state index contributed by atoms with van der Waals surface area (Å²) in [7, 11) is -0.0785. The Morgan fingerprint density at radius 3 is 2.42 bits per heavy atom. The average Bonchev–Trinajstić information content (AvgIpc) is 3.66. The number of H-pyrrole nitrogens is 1. The topological polar surface area (TPSA) is 117 Å². The molecule has 0 bridgehead atoms. The Labute approximate surface area is 262 Å². The molecule has 3 N–H and O–H groups in total. The Hall–Kier alpha value is -3.59. The van der Waals surface area contributed by atoms with Gasteiger partial charge in [-0.1, -0.05) is 0 Å². The van der Waals surface area contributed by atoms with E-state index < -0.39 is 32.1 Å². The standard InChI is InChI=1S/C31H40F2N8O3S/c1-31(2)28-26(19-41(31)45(43,44)24-15-20(32)14-21(33)16-24)29(37-36-28)35-30(42)25-8-7-22(40-12-10-38(3)11-13-40)17-27(25)34-18-23-6-5-9-39(23)4/h7-8,14-17,23,34H,5-6,9-13,18-19H2,1-4H3,(H2,35,36,37,42). The third-order valence-electron chi connectivity index (χ3n) is 9.38. The summed E-state index contributed by atoms with van der Waals surface area (Å²) in [4.78, 5) is 20.3. The molecule has 1 amide bonds. The van der Waals surface area contributed by atoms with Gasteiger partial charge in [0.1, 0.15) is 11.6 Å². The lowest BCUT2D eigenvalue weighted by Crippen LogP contribution is -2.44. The minimum absolute atomic E-state index is 0.142. The zero-order valence-electron chi connectivity index (χ0n) is 26.0. The minimum atomic E-state index is -4.30. The van der Waals surface area contributed by atoms with Crippen molar-refractivity contribution in [3.05, 3.63) is 64.9 Å². The van der Waals surface area contributed by atoms with Crippen molar-refractivity contribution in [1.29, 1.82) is 0 Å². The van der Waals surface area contributed by atoms with Gasteiger partial charge in [0, 0.05) is 68.3 Å². The molecule has 1 atom stereocenters. The molecule has 6 rings (SSSR count). The van der Waals surface area contributed by atoms with E-state index in [0.717, 1.165) is 67.7 Å². The second-order valence-electron chi connectivity index (χ2n) is 12.7. The number of carbonyl (C=O) groups is 1. The van der Waals surface area contributed by atoms with Gasteiger partial charge in [-0.2, -0.15) is 9.40 Å². The maximum atomic E-state index is 14.0. The molecule has 2 aromatic carbocycles. The number of sulfonamides is 1. The number of carbonyl (C=O) groups excluding carboxylic acids is 1. The number of benzene rings is 2. The second-order valence-corrected chi connectivity index (χ2v) is 14.6. The lowest BCUT2D eigenvalue weighted by Gasteiger charge is -2.34. The second kappa shape index (κ2) is 12.0. The molecule has 242 valence electrons. The Kier molecular flexibility index (Phi) is 8.35. The number of piperazine rings is 1. The summed E-state index contributed by atoms with van der Waals surface area (Å²) in [5.74, 6) is -2.15. The van der Waals surface area contributed by atoms with Crippen LogP contribution in [0, 0.1) is 11.6 Å². The van der Waals surface area contributed by atoms with Gasteiger partial charge in [-0.25, -0.2) is 17.2 Å². The molecule has 4 heterocycles. The highest BCUT2D eigenvalue weighted by Gasteiger charge is 2.48. The summed E-state index contributed by atoms with van der Waals surface area (Å²) in [5.41, 5.74) is 2.06. The number of likely N-dealkylation sites (N-methyl/N-ethyl adjacent to an activating group) is 2. The van der Waals surface area contributed by atoms with Crippen LogP contribution < -0.4 is 15.5 Å². The van der Waals surface area contributed by atoms with E-state index in [-0.39, 0.29) is 18.3 Å². The molecular weight excluding hydrogens is 602 g/mol. The number of hydrogen-bond acceptors (Lipinski definition) is 8. The lowest BCUT2D eigenvalue weighted by atomic mass is 10.0. The van der Waals surface area contributed by atoms with Crippen LogP contribution in [0.15, 0.2) is 41.3 Å². The normalized spacial score (nSPS) is 20.8. The highest BCUT2D eigenvalue weighted by molar-refractivity contribution is 7.89. The molecule has 3 aliphatic rings. The largest absolute Gasteiger partial charge is 0.383 e. The quantitative estimate of drug-likeness (QED) is 0.341. The molecule has 3 aromatic rings. The molecule has 3 aliphatic heterocycles. The third kappa shape index (κ3) is 6.03. The Balaban J connectivity index is 1.26. The number of halogens is 2. The van der Waals surface area contributed by atoms with Gasteiger partial charge in [0.15, 0.2) is 5.82 Å². The van der Waals surface area contributed by atoms with E-state index in [1.54, 1.807) is 13.8 Å². The number of nitrogens with zero attached hydrogens (tertiary/aromatic N) is 5. The van der Waals surface area contributed by atoms with Gasteiger partial charge in [-0.05, 0) is 77.7 Å². The summed E-state index contributed by atoms with van der Waals surface area (Å²) in [6.07, 6.45) is 2.22. The smallest absolute Gasteiger partial charge is 0.258 e. The van der Waals surface area contributed by atoms with Crippen molar-refractivity contribution in [2.24, 2.45) is 0 Å². The van der Waals surface area contributed by atoms with Gasteiger partial charge in [0.2, 0.25) is 10.0 Å². The fraction of sp³-hybridized carbons (Fsp3) is 0.484. The minimum Gasteiger partial charge on any atom is -0.383 e. The molecule has 0 spiro atoms. The Bertz CT molecular complexity index is 1680. The van der Waals surface area contributed by atoms with Crippen LogP contribution in [0.2, 0.25) is 0 Å². The number of amides is 1. The molecule has 2 fully saturated rings. The number of anilines is 3. The number of hydrogen-bond donors (Lipinski definition) is 3. The van der Waals surface area contributed by atoms with Crippen LogP contribution in [0.3, 0.4) is 0 Å². The first kappa shape index (κ1) is 31.4. The third-order valence-corrected chi connectivity index (χ3v) is 11.4. The first-order valence-corrected chi connectivity index (χ1v) is 16.7. The van der Waals surface area contributed by atoms with Crippen LogP contribution >= 0.6 is 0 Å². The predicted octanol–water partition coefficient (Wildman–Crippen LogP) is 3.64. The number of likely N-dealkylation sites (tertiary alicyclic amines) is 1. The molecule has 1 unspecified atom stereocenters. The Morgan fingerprint density at radius 1 is 1.04 bits per heavy atom. The number of aromatic amines is 1. The Morgan fingerprint density at radius 2 is 1.76 bits per heavy atom. The van der Waals surface area contributed by atoms with Crippen LogP contribution in [-0.4, -0.2) is 98.0 Å². The van der Waals surface area contributed by atoms with Crippen molar-refractivity contribution >= 4 is 33.1 Å². The summed E-state index contributed by atoms with van der Waals surface area (Å²) in [5, 5.41) is 13.7. The highest BCUT2D eigenvalue weighted by atomic mass is 32.2. The van der Waals surface area contributed by atoms with E-state index in [0.29, 0.717) is 41.2 Å². The average molecular weight is 643 g/mol. The molecule has 11 nitrogen and oxygen atoms in total. The predicted molar refractivity (Wildman–Crippen MR) is 169 cm³/mol. The fourth-order valence-corrected chi connectivity index (χ4v) is 8.33. The molecule has 14 heteroatoms. The molecule has 45 heavy (non-hydrogen) atoms. The number of rotatable bonds is 8. The van der Waals surface area contributed by atoms with E-state index in [9.17, 15) is 22.0 Å². The van der Waals surface area contributed by atoms with E-state index in [2.05, 4.69) is 49.6 Å². The van der Waals surface area contributed by atoms with Gasteiger partial charge in [-0.3, -0.25) is 9.89 Å². The number of aromatic nitrogens is 2. The van der Waals surface area contributed by atoms with Crippen LogP contribution in [0.4, 0.5) is 26.0 Å². The first-order valence-electron chi connectivity index (χ1n) is 15.2. The number of nitrogens with one attached hydrogen (secondary N) is 3. The van der Waals surface area contributed by atoms with E-state index in [1.165, 1.54) is 0 Å². The van der Waals surface area contributed by atoms with E-state index in [1.807, 2.05) is 18.2 Å². The monoisotopic (exact) mass is 642 g/mol. The van der Waals surface area contributed by atoms with Crippen molar-refractivity contribution in [2.45, 2.75) is 49.7 Å². The van der Waals surface area contributed by atoms with Gasteiger partial charge >= 0.3 is 0 Å². The van der Waals surface area contributed by atoms with Crippen LogP contribution in [0.25, 0.3) is 0 Å². The molecule has 0 saturated carbocycles. The van der Waals surface area contributed by atoms with Crippen molar-refractivity contribution in [1.82, 2.24) is 24.3 Å². The maximum Gasteiger partial charge on any atom is 0.258 e. The zero-order chi connectivity index (χ0) is 32.1. The van der Waals surface area contributed by atoms with Crippen molar-refractivity contribution < 1.29 is 22.0 Å². The zero-order valence-corrected chi connectivity index (χ0v) is 26.8. The van der Waals surface area contributed by atoms with Crippen LogP contribution in [0.1, 0.15) is 48.3 Å². The first-order chi connectivity index (χ1) is 21.3. The maximum absolute atomic E-state index is 14.0. The molecule has 2 saturated heterocycles. The summed E-state index contributed by atoms with van der Waals surface area (Å²) in [6, 6.07) is 8.38. The SMILES string of the molecule is CN1CCN(c2ccc(C(=O)Nc3n[nH]c4c3CN(S(=O)(=O)c3cc(F)cc(F)c3)C4(C)C)c(NCC3CCCN3C)c2)CC1.